The highest BCUT2D eigenvalue weighted by Gasteiger charge is 2.38. The SMILES string of the molecule is CC1CC(NC2NC(NCCO)NC(NC3CCC(N=NC4CC(OCO)CC(C(=O)O)C4)C(C)C3)N2)CCC1N=NC1CC(OCO)CC(C(=O)O)C1. The Bertz CT molecular complexity index is 1150. The number of aliphatic hydroxyl groups is 3. The third kappa shape index (κ3) is 12.9. The monoisotopic (exact) mass is 768 g/mol. The van der Waals surface area contributed by atoms with Crippen LogP contribution in [-0.2, 0) is 19.1 Å². The van der Waals surface area contributed by atoms with Gasteiger partial charge in [0.1, 0.15) is 32.5 Å². The topological polar surface area (TPSA) is 275 Å². The second kappa shape index (κ2) is 21.3. The molecule has 0 radical (unpaired) electrons. The first-order valence-corrected chi connectivity index (χ1v) is 19.9. The summed E-state index contributed by atoms with van der Waals surface area (Å²) in [7, 11) is 0. The number of aliphatic hydroxyl groups excluding tert-OH is 3. The maximum Gasteiger partial charge on any atom is 0.306 e. The predicted octanol–water partition coefficient (Wildman–Crippen LogP) is 0.576. The smallest absolute Gasteiger partial charge is 0.306 e. The van der Waals surface area contributed by atoms with Gasteiger partial charge in [-0.3, -0.25) is 41.5 Å². The van der Waals surface area contributed by atoms with E-state index in [2.05, 4.69) is 56.0 Å². The molecule has 0 bridgehead atoms. The molecule has 14 atom stereocenters. The number of aliphatic carboxylic acids is 2. The molecule has 19 heteroatoms. The van der Waals surface area contributed by atoms with Crippen LogP contribution < -0.4 is 31.9 Å². The summed E-state index contributed by atoms with van der Waals surface area (Å²) in [6.45, 7) is 3.91. The van der Waals surface area contributed by atoms with Gasteiger partial charge in [0, 0.05) is 18.6 Å². The molecule has 0 aromatic carbocycles. The maximum absolute atomic E-state index is 11.7. The Morgan fingerprint density at radius 2 is 1.06 bits per heavy atom. The molecule has 0 spiro atoms. The summed E-state index contributed by atoms with van der Waals surface area (Å²) in [6, 6.07) is 0.0624. The number of carbonyl (C=O) groups is 2. The molecule has 0 aromatic rings. The average molecular weight is 769 g/mol. The van der Waals surface area contributed by atoms with Gasteiger partial charge in [-0.25, -0.2) is 0 Å². The van der Waals surface area contributed by atoms with Crippen molar-refractivity contribution in [2.75, 3.05) is 26.7 Å². The van der Waals surface area contributed by atoms with E-state index in [1.807, 2.05) is 0 Å². The van der Waals surface area contributed by atoms with Gasteiger partial charge in [-0.15, -0.1) is 0 Å². The lowest BCUT2D eigenvalue weighted by molar-refractivity contribution is -0.147. The number of rotatable bonds is 17. The van der Waals surface area contributed by atoms with E-state index in [0.717, 1.165) is 38.5 Å². The van der Waals surface area contributed by atoms with Crippen LogP contribution in [0.5, 0.6) is 0 Å². The first-order valence-electron chi connectivity index (χ1n) is 19.9. The van der Waals surface area contributed by atoms with Crippen LogP contribution in [0.1, 0.15) is 90.9 Å². The number of azo groups is 2. The third-order valence-electron chi connectivity index (χ3n) is 11.9. The van der Waals surface area contributed by atoms with Crippen LogP contribution in [0.3, 0.4) is 0 Å². The summed E-state index contributed by atoms with van der Waals surface area (Å²) < 4.78 is 10.7. The second-order valence-electron chi connectivity index (χ2n) is 16.0. The quantitative estimate of drug-likeness (QED) is 0.0713. The van der Waals surface area contributed by atoms with Gasteiger partial charge in [0.2, 0.25) is 0 Å². The maximum atomic E-state index is 11.7. The summed E-state index contributed by atoms with van der Waals surface area (Å²) in [6.07, 6.45) is 6.61. The van der Waals surface area contributed by atoms with Crippen molar-refractivity contribution >= 4 is 11.9 Å². The van der Waals surface area contributed by atoms with E-state index in [4.69, 9.17) is 19.7 Å². The Kier molecular flexibility index (Phi) is 16.9. The molecule has 14 unspecified atom stereocenters. The molecule has 5 fully saturated rings. The highest BCUT2D eigenvalue weighted by Crippen LogP contribution is 2.33. The van der Waals surface area contributed by atoms with Gasteiger partial charge in [0.25, 0.3) is 0 Å². The molecular weight excluding hydrogens is 704 g/mol. The Morgan fingerprint density at radius 1 is 0.611 bits per heavy atom. The predicted molar refractivity (Wildman–Crippen MR) is 194 cm³/mol. The van der Waals surface area contributed by atoms with Gasteiger partial charge in [-0.2, -0.15) is 20.5 Å². The van der Waals surface area contributed by atoms with Gasteiger partial charge in [0.15, 0.2) is 0 Å². The second-order valence-corrected chi connectivity index (χ2v) is 16.0. The molecule has 5 rings (SSSR count). The highest BCUT2D eigenvalue weighted by molar-refractivity contribution is 5.70. The summed E-state index contributed by atoms with van der Waals surface area (Å²) >= 11 is 0. The van der Waals surface area contributed by atoms with Gasteiger partial charge in [-0.1, -0.05) is 13.8 Å². The van der Waals surface area contributed by atoms with Crippen molar-refractivity contribution in [2.45, 2.75) is 158 Å². The lowest BCUT2D eigenvalue weighted by atomic mass is 9.83. The van der Waals surface area contributed by atoms with Crippen LogP contribution >= 0.6 is 0 Å². The molecule has 11 N–H and O–H groups in total. The van der Waals surface area contributed by atoms with Crippen molar-refractivity contribution in [3.63, 3.8) is 0 Å². The van der Waals surface area contributed by atoms with E-state index in [-0.39, 0.29) is 85.8 Å². The number of carboxylic acids is 2. The van der Waals surface area contributed by atoms with E-state index in [9.17, 15) is 35.1 Å². The van der Waals surface area contributed by atoms with Crippen LogP contribution in [0.15, 0.2) is 20.5 Å². The van der Waals surface area contributed by atoms with E-state index in [1.54, 1.807) is 0 Å². The van der Waals surface area contributed by atoms with Crippen LogP contribution in [0.2, 0.25) is 0 Å². The molecule has 4 saturated carbocycles. The van der Waals surface area contributed by atoms with Crippen molar-refractivity contribution in [1.82, 2.24) is 31.9 Å². The molecule has 4 aliphatic carbocycles. The number of hydrogen-bond acceptors (Lipinski definition) is 17. The number of ether oxygens (including phenoxy) is 2. The number of nitrogens with zero attached hydrogens (tertiary/aromatic N) is 4. The van der Waals surface area contributed by atoms with Crippen molar-refractivity contribution < 1.29 is 44.6 Å². The lowest BCUT2D eigenvalue weighted by Gasteiger charge is -2.44. The van der Waals surface area contributed by atoms with Gasteiger partial charge in [-0.05, 0) is 88.9 Å². The molecule has 5 aliphatic rings. The van der Waals surface area contributed by atoms with Crippen molar-refractivity contribution in [1.29, 1.82) is 0 Å². The fourth-order valence-electron chi connectivity index (χ4n) is 8.95. The number of carboxylic acid groups (broad SMARTS) is 2. The molecule has 54 heavy (non-hydrogen) atoms. The largest absolute Gasteiger partial charge is 0.481 e. The Morgan fingerprint density at radius 3 is 1.44 bits per heavy atom. The molecule has 308 valence electrons. The zero-order valence-corrected chi connectivity index (χ0v) is 31.6. The molecular formula is C35H64N10O9. The standard InChI is InChI=1S/C35H64N10O9/c1-19-9-23(3-5-29(19)44-42-25-11-21(31(49)50)13-27(15-25)53-17-47)37-34-39-33(36-7-8-46)40-35(41-34)38-24-4-6-30(20(2)10-24)45-43-26-12-22(32(51)52)14-28(16-26)54-18-48/h19-30,33-41,46-48H,3-18H2,1-2H3,(H,49,50)(H,51,52). The Labute approximate surface area is 317 Å². The lowest BCUT2D eigenvalue weighted by Crippen LogP contribution is -2.78. The molecule has 19 nitrogen and oxygen atoms in total. The van der Waals surface area contributed by atoms with E-state index in [1.165, 1.54) is 0 Å². The van der Waals surface area contributed by atoms with Crippen molar-refractivity contribution in [3.05, 3.63) is 0 Å². The molecule has 1 aliphatic heterocycles. The minimum atomic E-state index is -0.868. The first kappa shape index (κ1) is 42.8. The van der Waals surface area contributed by atoms with Gasteiger partial charge < -0.3 is 35.0 Å². The van der Waals surface area contributed by atoms with Crippen molar-refractivity contribution in [3.8, 4) is 0 Å². The minimum absolute atomic E-state index is 0.00944. The molecule has 0 amide bonds. The molecule has 1 heterocycles. The van der Waals surface area contributed by atoms with Gasteiger partial charge >= 0.3 is 11.9 Å². The fourth-order valence-corrected chi connectivity index (χ4v) is 8.95. The summed E-state index contributed by atoms with van der Waals surface area (Å²) in [5.41, 5.74) is 0. The average Bonchev–Trinajstić information content (AvgIpc) is 3.13. The Hall–Kier alpha value is -2.30. The molecule has 0 aromatic heterocycles. The molecule has 1 saturated heterocycles. The minimum Gasteiger partial charge on any atom is -0.481 e. The normalized spacial score (nSPS) is 40.9. The van der Waals surface area contributed by atoms with Crippen LogP contribution in [-0.4, -0.2) is 132 Å². The van der Waals surface area contributed by atoms with Crippen LogP contribution in [0, 0.1) is 23.7 Å². The number of nitrogens with one attached hydrogen (secondary N) is 6. The van der Waals surface area contributed by atoms with Crippen molar-refractivity contribution in [2.24, 2.45) is 44.1 Å². The Balaban J connectivity index is 1.09. The van der Waals surface area contributed by atoms with Crippen LogP contribution in [0.4, 0.5) is 0 Å². The van der Waals surface area contributed by atoms with E-state index >= 15 is 0 Å². The summed E-state index contributed by atoms with van der Waals surface area (Å²) in [5, 5.41) is 87.0. The number of hydrogen-bond donors (Lipinski definition) is 11. The van der Waals surface area contributed by atoms with Gasteiger partial charge in [0.05, 0.1) is 54.8 Å². The zero-order valence-electron chi connectivity index (χ0n) is 31.6. The summed E-state index contributed by atoms with van der Waals surface area (Å²) in [4.78, 5) is 23.4. The fraction of sp³-hybridized carbons (Fsp3) is 0.943. The zero-order chi connectivity index (χ0) is 38.6. The van der Waals surface area contributed by atoms with E-state index < -0.39 is 37.4 Å². The first-order chi connectivity index (χ1) is 26.0. The van der Waals surface area contributed by atoms with E-state index in [0.29, 0.717) is 45.1 Å². The highest BCUT2D eigenvalue weighted by atomic mass is 16.6. The summed E-state index contributed by atoms with van der Waals surface area (Å²) in [5.74, 6) is -2.32. The van der Waals surface area contributed by atoms with Crippen LogP contribution in [0.25, 0.3) is 0 Å². The third-order valence-corrected chi connectivity index (χ3v) is 11.9.